The van der Waals surface area contributed by atoms with E-state index in [4.69, 9.17) is 5.73 Å². The van der Waals surface area contributed by atoms with Gasteiger partial charge in [-0.2, -0.15) is 9.40 Å². The molecule has 0 fully saturated rings. The summed E-state index contributed by atoms with van der Waals surface area (Å²) in [6.45, 7) is 2.53. The molecule has 2 aromatic rings. The van der Waals surface area contributed by atoms with Crippen molar-refractivity contribution in [2.24, 2.45) is 12.8 Å². The van der Waals surface area contributed by atoms with Gasteiger partial charge in [0.05, 0.1) is 6.20 Å². The van der Waals surface area contributed by atoms with E-state index in [0.29, 0.717) is 17.3 Å². The van der Waals surface area contributed by atoms with Gasteiger partial charge in [-0.15, -0.1) is 11.3 Å². The van der Waals surface area contributed by atoms with E-state index in [0.717, 1.165) is 16.0 Å². The highest BCUT2D eigenvalue weighted by Crippen LogP contribution is 2.28. The molecule has 0 radical (unpaired) electrons. The Kier molecular flexibility index (Phi) is 4.28. The van der Waals surface area contributed by atoms with Gasteiger partial charge in [0.1, 0.15) is 4.21 Å². The van der Waals surface area contributed by atoms with Gasteiger partial charge in [0.25, 0.3) is 10.0 Å². The summed E-state index contributed by atoms with van der Waals surface area (Å²) < 4.78 is 28.3. The molecule has 20 heavy (non-hydrogen) atoms. The average Bonchev–Trinajstić information content (AvgIpc) is 2.95. The summed E-state index contributed by atoms with van der Waals surface area (Å²) in [7, 11) is -0.112. The molecule has 0 aromatic carbocycles. The highest BCUT2D eigenvalue weighted by Gasteiger charge is 2.24. The fourth-order valence-corrected chi connectivity index (χ4v) is 4.71. The van der Waals surface area contributed by atoms with Crippen molar-refractivity contribution in [3.8, 4) is 0 Å². The van der Waals surface area contributed by atoms with Crippen molar-refractivity contribution in [1.29, 1.82) is 0 Å². The monoisotopic (exact) mass is 314 g/mol. The molecule has 2 heterocycles. The van der Waals surface area contributed by atoms with Gasteiger partial charge in [0, 0.05) is 43.8 Å². The topological polar surface area (TPSA) is 81.2 Å². The number of hydrogen-bond acceptors (Lipinski definition) is 5. The number of hydrogen-bond donors (Lipinski definition) is 1. The Morgan fingerprint density at radius 3 is 2.70 bits per heavy atom. The van der Waals surface area contributed by atoms with Gasteiger partial charge in [0.15, 0.2) is 0 Å². The molecule has 0 saturated carbocycles. The van der Waals surface area contributed by atoms with Crippen LogP contribution in [0.3, 0.4) is 0 Å². The van der Waals surface area contributed by atoms with Gasteiger partial charge < -0.3 is 5.73 Å². The van der Waals surface area contributed by atoms with Crippen molar-refractivity contribution in [2.45, 2.75) is 24.2 Å². The Morgan fingerprint density at radius 1 is 1.50 bits per heavy atom. The first-order valence-electron chi connectivity index (χ1n) is 6.08. The molecule has 2 rings (SSSR count). The molecule has 0 saturated heterocycles. The van der Waals surface area contributed by atoms with Gasteiger partial charge in [-0.05, 0) is 18.6 Å². The van der Waals surface area contributed by atoms with Crippen LogP contribution in [0.4, 0.5) is 0 Å². The molecule has 0 amide bonds. The van der Waals surface area contributed by atoms with Gasteiger partial charge in [0.2, 0.25) is 0 Å². The molecule has 110 valence electrons. The van der Waals surface area contributed by atoms with Gasteiger partial charge in [-0.3, -0.25) is 4.68 Å². The first-order valence-corrected chi connectivity index (χ1v) is 8.33. The summed E-state index contributed by atoms with van der Waals surface area (Å²) >= 11 is 1.24. The normalized spacial score (nSPS) is 12.2. The molecule has 0 atom stereocenters. The predicted octanol–water partition coefficient (Wildman–Crippen LogP) is 1.07. The second-order valence-electron chi connectivity index (χ2n) is 4.66. The quantitative estimate of drug-likeness (QED) is 0.895. The van der Waals surface area contributed by atoms with Crippen molar-refractivity contribution >= 4 is 21.4 Å². The van der Waals surface area contributed by atoms with Crippen LogP contribution in [0.1, 0.15) is 16.0 Å². The van der Waals surface area contributed by atoms with Gasteiger partial charge >= 0.3 is 0 Å². The molecular formula is C12H18N4O2S2. The Bertz CT molecular complexity index is 703. The third-order valence-corrected chi connectivity index (χ3v) is 6.52. The number of rotatable bonds is 5. The van der Waals surface area contributed by atoms with E-state index >= 15 is 0 Å². The van der Waals surface area contributed by atoms with Crippen LogP contribution in [0, 0.1) is 6.92 Å². The highest BCUT2D eigenvalue weighted by atomic mass is 32.2. The summed E-state index contributed by atoms with van der Waals surface area (Å²) in [5, 5.41) is 4.04. The van der Waals surface area contributed by atoms with Crippen molar-refractivity contribution in [3.63, 3.8) is 0 Å². The third kappa shape index (κ3) is 2.93. The number of aryl methyl sites for hydroxylation is 2. The SMILES string of the molecule is Cc1cc(S(=O)(=O)N(C)Cc2cnn(C)c2)sc1CN. The lowest BCUT2D eigenvalue weighted by atomic mass is 10.3. The van der Waals surface area contributed by atoms with Crippen LogP contribution in [0.5, 0.6) is 0 Å². The van der Waals surface area contributed by atoms with Crippen LogP contribution in [0.15, 0.2) is 22.7 Å². The summed E-state index contributed by atoms with van der Waals surface area (Å²) in [6.07, 6.45) is 3.47. The minimum atomic E-state index is -3.48. The first kappa shape index (κ1) is 15.2. The van der Waals surface area contributed by atoms with Crippen LogP contribution in [0.2, 0.25) is 0 Å². The summed E-state index contributed by atoms with van der Waals surface area (Å²) in [5.41, 5.74) is 7.38. The van der Waals surface area contributed by atoms with E-state index in [2.05, 4.69) is 5.10 Å². The second kappa shape index (κ2) is 5.65. The molecule has 0 bridgehead atoms. The lowest BCUT2D eigenvalue weighted by molar-refractivity contribution is 0.468. The first-order chi connectivity index (χ1) is 9.34. The van der Waals surface area contributed by atoms with Crippen molar-refractivity contribution in [1.82, 2.24) is 14.1 Å². The van der Waals surface area contributed by atoms with Gasteiger partial charge in [-0.25, -0.2) is 8.42 Å². The minimum absolute atomic E-state index is 0.297. The van der Waals surface area contributed by atoms with Crippen LogP contribution in [-0.4, -0.2) is 29.6 Å². The largest absolute Gasteiger partial charge is 0.326 e. The zero-order valence-corrected chi connectivity index (χ0v) is 13.3. The molecule has 0 unspecified atom stereocenters. The van der Waals surface area contributed by atoms with E-state index in [1.165, 1.54) is 15.6 Å². The molecule has 0 aliphatic carbocycles. The van der Waals surface area contributed by atoms with E-state index < -0.39 is 10.0 Å². The molecular weight excluding hydrogens is 296 g/mol. The number of aromatic nitrogens is 2. The summed E-state index contributed by atoms with van der Waals surface area (Å²) in [4.78, 5) is 0.901. The highest BCUT2D eigenvalue weighted by molar-refractivity contribution is 7.91. The standard InChI is InChI=1S/C12H18N4O2S2/c1-9-4-12(19-11(9)5-13)20(17,18)16(3)8-10-6-14-15(2)7-10/h4,6-7H,5,8,13H2,1-3H3. The Morgan fingerprint density at radius 2 is 2.20 bits per heavy atom. The number of thiophene rings is 1. The van der Waals surface area contributed by atoms with Crippen LogP contribution < -0.4 is 5.73 Å². The lowest BCUT2D eigenvalue weighted by Gasteiger charge is -2.14. The van der Waals surface area contributed by atoms with Gasteiger partial charge in [-0.1, -0.05) is 0 Å². The molecule has 6 nitrogen and oxygen atoms in total. The van der Waals surface area contributed by atoms with Crippen LogP contribution >= 0.6 is 11.3 Å². The molecule has 8 heteroatoms. The Balaban J connectivity index is 2.24. The van der Waals surface area contributed by atoms with Crippen LogP contribution in [0.25, 0.3) is 0 Å². The summed E-state index contributed by atoms with van der Waals surface area (Å²) in [6, 6.07) is 1.68. The fraction of sp³-hybridized carbons (Fsp3) is 0.417. The smallest absolute Gasteiger partial charge is 0.252 e. The fourth-order valence-electron chi connectivity index (χ4n) is 1.87. The van der Waals surface area contributed by atoms with E-state index in [-0.39, 0.29) is 0 Å². The van der Waals surface area contributed by atoms with Crippen molar-refractivity contribution in [2.75, 3.05) is 7.05 Å². The third-order valence-electron chi connectivity index (χ3n) is 3.01. The lowest BCUT2D eigenvalue weighted by Crippen LogP contribution is -2.25. The predicted molar refractivity (Wildman–Crippen MR) is 78.8 cm³/mol. The number of nitrogens with two attached hydrogens (primary N) is 1. The van der Waals surface area contributed by atoms with E-state index in [1.54, 1.807) is 37.2 Å². The second-order valence-corrected chi connectivity index (χ2v) is 8.07. The molecule has 2 N–H and O–H groups in total. The molecule has 0 aliphatic heterocycles. The minimum Gasteiger partial charge on any atom is -0.326 e. The Hall–Kier alpha value is -1.22. The molecule has 0 spiro atoms. The zero-order valence-electron chi connectivity index (χ0n) is 11.7. The van der Waals surface area contributed by atoms with Crippen molar-refractivity contribution in [3.05, 3.63) is 34.5 Å². The molecule has 0 aliphatic rings. The van der Waals surface area contributed by atoms with Crippen molar-refractivity contribution < 1.29 is 8.42 Å². The Labute approximate surface area is 122 Å². The van der Waals surface area contributed by atoms with E-state index in [9.17, 15) is 8.42 Å². The zero-order chi connectivity index (χ0) is 14.9. The maximum Gasteiger partial charge on any atom is 0.252 e. The maximum absolute atomic E-state index is 12.5. The number of nitrogens with zero attached hydrogens (tertiary/aromatic N) is 3. The molecule has 2 aromatic heterocycles. The van der Waals surface area contributed by atoms with Crippen LogP contribution in [-0.2, 0) is 30.2 Å². The number of sulfonamides is 1. The van der Waals surface area contributed by atoms with E-state index in [1.807, 2.05) is 6.92 Å². The average molecular weight is 314 g/mol. The summed E-state index contributed by atoms with van der Waals surface area (Å²) in [5.74, 6) is 0. The maximum atomic E-state index is 12.5.